The van der Waals surface area contributed by atoms with E-state index in [2.05, 4.69) is 18.0 Å². The number of rotatable bonds is 2. The van der Waals surface area contributed by atoms with Crippen molar-refractivity contribution in [1.82, 2.24) is 0 Å². The van der Waals surface area contributed by atoms with Crippen molar-refractivity contribution >= 4 is 29.2 Å². The third-order valence-corrected chi connectivity index (χ3v) is 4.07. The number of thioether (sulfide) groups is 2. The molecule has 0 aliphatic carbocycles. The van der Waals surface area contributed by atoms with Crippen LogP contribution in [-0.2, 0) is 4.84 Å². The lowest BCUT2D eigenvalue weighted by Gasteiger charge is -2.17. The predicted octanol–water partition coefficient (Wildman–Crippen LogP) is 1.82. The second kappa shape index (κ2) is 5.39. The third-order valence-electron chi connectivity index (χ3n) is 1.31. The van der Waals surface area contributed by atoms with Gasteiger partial charge in [-0.2, -0.15) is 0 Å². The van der Waals surface area contributed by atoms with Crippen molar-refractivity contribution in [3.05, 3.63) is 0 Å². The number of hydrogen-bond acceptors (Lipinski definition) is 4. The molecule has 66 valence electrons. The van der Waals surface area contributed by atoms with E-state index in [1.807, 2.05) is 23.5 Å². The zero-order valence-electron chi connectivity index (χ0n) is 6.95. The molecule has 1 fully saturated rings. The molecule has 0 aromatic rings. The lowest BCUT2D eigenvalue weighted by atomic mass is 10.5. The Kier molecular flexibility index (Phi) is 4.41. The summed E-state index contributed by atoms with van der Waals surface area (Å²) >= 11 is 3.77. The van der Waals surface area contributed by atoms with Gasteiger partial charge in [-0.25, -0.2) is 0 Å². The van der Waals surface area contributed by atoms with E-state index in [1.165, 1.54) is 0 Å². The van der Waals surface area contributed by atoms with E-state index in [-0.39, 0.29) is 6.61 Å². The molecule has 1 rings (SSSR count). The first kappa shape index (κ1) is 9.82. The summed E-state index contributed by atoms with van der Waals surface area (Å²) in [7, 11) is 0. The van der Waals surface area contributed by atoms with E-state index < -0.39 is 0 Å². The smallest absolute Gasteiger partial charge is 0.177 e. The number of nitrogens with zero attached hydrogens (tertiary/aromatic N) is 1. The van der Waals surface area contributed by atoms with Gasteiger partial charge in [-0.1, -0.05) is 11.1 Å². The fraction of sp³-hybridized carbons (Fsp3) is 0.625. The van der Waals surface area contributed by atoms with Crippen molar-refractivity contribution in [1.29, 1.82) is 0 Å². The molecule has 1 aliphatic rings. The number of oxime groups is 1. The molecule has 1 saturated heterocycles. The topological polar surface area (TPSA) is 21.6 Å². The molecular formula is C8H11NOS2. The normalized spacial score (nSPS) is 23.0. The summed E-state index contributed by atoms with van der Waals surface area (Å²) in [6.45, 7) is 2.47. The van der Waals surface area contributed by atoms with E-state index in [4.69, 9.17) is 11.3 Å². The van der Waals surface area contributed by atoms with Crippen LogP contribution < -0.4 is 0 Å². The highest BCUT2D eigenvalue weighted by molar-refractivity contribution is 8.18. The van der Waals surface area contributed by atoms with Crippen LogP contribution in [0.5, 0.6) is 0 Å². The van der Waals surface area contributed by atoms with Gasteiger partial charge in [-0.05, 0) is 6.92 Å². The van der Waals surface area contributed by atoms with Gasteiger partial charge in [-0.15, -0.1) is 29.9 Å². The Bertz CT molecular complexity index is 200. The van der Waals surface area contributed by atoms with Gasteiger partial charge in [0.15, 0.2) is 6.61 Å². The van der Waals surface area contributed by atoms with Gasteiger partial charge in [0.25, 0.3) is 0 Å². The summed E-state index contributed by atoms with van der Waals surface area (Å²) in [5.74, 6) is 4.32. The van der Waals surface area contributed by atoms with Crippen LogP contribution in [0.3, 0.4) is 0 Å². The Balaban J connectivity index is 2.25. The van der Waals surface area contributed by atoms with Gasteiger partial charge in [-0.3, -0.25) is 0 Å². The predicted molar refractivity (Wildman–Crippen MR) is 56.6 cm³/mol. The van der Waals surface area contributed by atoms with E-state index in [0.717, 1.165) is 17.2 Å². The number of hydrogen-bond donors (Lipinski definition) is 0. The Morgan fingerprint density at radius 2 is 2.33 bits per heavy atom. The maximum absolute atomic E-state index is 5.01. The highest BCUT2D eigenvalue weighted by atomic mass is 32.2. The molecule has 0 saturated carbocycles. The molecule has 0 radical (unpaired) electrons. The SMILES string of the molecule is C#CCON=C1CSC(C)SC1. The van der Waals surface area contributed by atoms with Crippen LogP contribution in [0, 0.1) is 12.3 Å². The first-order valence-electron chi connectivity index (χ1n) is 3.67. The third kappa shape index (κ3) is 3.42. The minimum Gasteiger partial charge on any atom is -0.383 e. The minimum absolute atomic E-state index is 0.272. The minimum atomic E-state index is 0.272. The molecule has 0 spiro atoms. The van der Waals surface area contributed by atoms with E-state index >= 15 is 0 Å². The largest absolute Gasteiger partial charge is 0.383 e. The summed E-state index contributed by atoms with van der Waals surface area (Å²) in [5, 5.41) is 3.94. The second-order valence-electron chi connectivity index (χ2n) is 2.32. The second-order valence-corrected chi connectivity index (χ2v) is 5.28. The first-order valence-corrected chi connectivity index (χ1v) is 5.77. The fourth-order valence-corrected chi connectivity index (χ4v) is 2.82. The van der Waals surface area contributed by atoms with Crippen LogP contribution >= 0.6 is 23.5 Å². The van der Waals surface area contributed by atoms with Crippen molar-refractivity contribution in [2.45, 2.75) is 11.5 Å². The van der Waals surface area contributed by atoms with Crippen molar-refractivity contribution < 1.29 is 4.84 Å². The summed E-state index contributed by atoms with van der Waals surface area (Å²) in [4.78, 5) is 4.88. The molecule has 0 unspecified atom stereocenters. The van der Waals surface area contributed by atoms with Crippen molar-refractivity contribution in [3.8, 4) is 12.3 Å². The van der Waals surface area contributed by atoms with E-state index in [1.54, 1.807) is 0 Å². The average Bonchev–Trinajstić information content (AvgIpc) is 2.09. The van der Waals surface area contributed by atoms with Crippen LogP contribution in [0.1, 0.15) is 6.92 Å². The van der Waals surface area contributed by atoms with Crippen LogP contribution in [0.4, 0.5) is 0 Å². The first-order chi connectivity index (χ1) is 5.83. The molecular weight excluding hydrogens is 190 g/mol. The van der Waals surface area contributed by atoms with Gasteiger partial charge in [0.05, 0.1) is 5.71 Å². The lowest BCUT2D eigenvalue weighted by molar-refractivity contribution is 0.179. The monoisotopic (exact) mass is 201 g/mol. The molecule has 0 aromatic carbocycles. The van der Waals surface area contributed by atoms with Gasteiger partial charge < -0.3 is 4.84 Å². The summed E-state index contributed by atoms with van der Waals surface area (Å²) < 4.78 is 0.677. The molecule has 0 bridgehead atoms. The fourth-order valence-electron chi connectivity index (χ4n) is 0.730. The van der Waals surface area contributed by atoms with Gasteiger partial charge in [0, 0.05) is 16.1 Å². The number of terminal acetylenes is 1. The molecule has 0 N–H and O–H groups in total. The van der Waals surface area contributed by atoms with Crippen LogP contribution in [0.15, 0.2) is 5.16 Å². The molecule has 12 heavy (non-hydrogen) atoms. The Morgan fingerprint density at radius 3 is 2.92 bits per heavy atom. The standard InChI is InChI=1S/C8H11NOS2/c1-3-4-10-9-8-5-11-7(2)12-6-8/h1,7H,4-6H2,2H3. The van der Waals surface area contributed by atoms with Gasteiger partial charge in [0.1, 0.15) is 0 Å². The zero-order valence-corrected chi connectivity index (χ0v) is 8.58. The molecule has 0 amide bonds. The molecule has 0 atom stereocenters. The Labute approximate surface area is 81.5 Å². The summed E-state index contributed by atoms with van der Waals surface area (Å²) in [5.41, 5.74) is 1.10. The highest BCUT2D eigenvalue weighted by Crippen LogP contribution is 2.28. The van der Waals surface area contributed by atoms with Crippen molar-refractivity contribution in [2.75, 3.05) is 18.1 Å². The summed E-state index contributed by atoms with van der Waals surface area (Å²) in [6, 6.07) is 0. The molecule has 0 aromatic heterocycles. The quantitative estimate of drug-likeness (QED) is 0.386. The summed E-state index contributed by atoms with van der Waals surface area (Å²) in [6.07, 6.45) is 5.01. The maximum Gasteiger partial charge on any atom is 0.177 e. The van der Waals surface area contributed by atoms with E-state index in [9.17, 15) is 0 Å². The molecule has 2 nitrogen and oxygen atoms in total. The zero-order chi connectivity index (χ0) is 8.81. The molecule has 1 heterocycles. The highest BCUT2D eigenvalue weighted by Gasteiger charge is 2.14. The van der Waals surface area contributed by atoms with Crippen molar-refractivity contribution in [3.63, 3.8) is 0 Å². The van der Waals surface area contributed by atoms with Gasteiger partial charge >= 0.3 is 0 Å². The Morgan fingerprint density at radius 1 is 1.67 bits per heavy atom. The van der Waals surface area contributed by atoms with Crippen LogP contribution in [0.2, 0.25) is 0 Å². The van der Waals surface area contributed by atoms with Crippen LogP contribution in [0.25, 0.3) is 0 Å². The van der Waals surface area contributed by atoms with Crippen molar-refractivity contribution in [2.24, 2.45) is 5.16 Å². The van der Waals surface area contributed by atoms with E-state index in [0.29, 0.717) is 4.58 Å². The lowest BCUT2D eigenvalue weighted by Crippen LogP contribution is -2.15. The van der Waals surface area contributed by atoms with Crippen LogP contribution in [-0.4, -0.2) is 28.4 Å². The molecule has 1 aliphatic heterocycles. The van der Waals surface area contributed by atoms with Gasteiger partial charge in [0.2, 0.25) is 0 Å². The average molecular weight is 201 g/mol. The Hall–Kier alpha value is -0.270. The maximum atomic E-state index is 5.01. The molecule has 4 heteroatoms.